The van der Waals surface area contributed by atoms with Gasteiger partial charge in [-0.25, -0.2) is 0 Å². The van der Waals surface area contributed by atoms with E-state index >= 15 is 0 Å². The molecule has 0 unspecified atom stereocenters. The van der Waals surface area contributed by atoms with Crippen molar-refractivity contribution in [3.63, 3.8) is 0 Å². The molecule has 8 heteroatoms. The van der Waals surface area contributed by atoms with Gasteiger partial charge >= 0.3 is 0 Å². The summed E-state index contributed by atoms with van der Waals surface area (Å²) in [6.07, 6.45) is 0.620. The van der Waals surface area contributed by atoms with Gasteiger partial charge in [-0.2, -0.15) is 0 Å². The monoisotopic (exact) mass is 393 g/mol. The maximum absolute atomic E-state index is 12.3. The first kappa shape index (κ1) is 17.7. The third kappa shape index (κ3) is 4.48. The molecule has 1 N–H and O–H groups in total. The highest BCUT2D eigenvalue weighted by molar-refractivity contribution is 7.15. The lowest BCUT2D eigenvalue weighted by molar-refractivity contribution is 0.102. The van der Waals surface area contributed by atoms with Crippen LogP contribution in [0.3, 0.4) is 0 Å². The van der Waals surface area contributed by atoms with Crippen LogP contribution in [-0.4, -0.2) is 23.2 Å². The van der Waals surface area contributed by atoms with Gasteiger partial charge in [-0.1, -0.05) is 46.7 Å². The van der Waals surface area contributed by atoms with Crippen LogP contribution in [0.15, 0.2) is 42.5 Å². The van der Waals surface area contributed by atoms with Crippen LogP contribution < -0.4 is 10.1 Å². The number of nitrogens with one attached hydrogen (secondary N) is 1. The Labute approximate surface area is 158 Å². The quantitative estimate of drug-likeness (QED) is 0.682. The van der Waals surface area contributed by atoms with Crippen molar-refractivity contribution in [2.75, 3.05) is 12.4 Å². The Morgan fingerprint density at radius 3 is 2.64 bits per heavy atom. The van der Waals surface area contributed by atoms with E-state index in [4.69, 9.17) is 27.9 Å². The molecule has 5 nitrogen and oxygen atoms in total. The van der Waals surface area contributed by atoms with Gasteiger partial charge < -0.3 is 4.74 Å². The number of hydrogen-bond acceptors (Lipinski definition) is 5. The summed E-state index contributed by atoms with van der Waals surface area (Å²) in [5, 5.41) is 12.8. The predicted molar refractivity (Wildman–Crippen MR) is 100 cm³/mol. The van der Waals surface area contributed by atoms with Crippen LogP contribution in [0.25, 0.3) is 0 Å². The number of rotatable bonds is 5. The molecule has 0 aliphatic carbocycles. The summed E-state index contributed by atoms with van der Waals surface area (Å²) in [4.78, 5) is 12.3. The summed E-state index contributed by atoms with van der Waals surface area (Å²) in [5.74, 6) is 0.423. The Balaban J connectivity index is 1.68. The number of benzene rings is 2. The van der Waals surface area contributed by atoms with Crippen LogP contribution >= 0.6 is 34.5 Å². The van der Waals surface area contributed by atoms with Crippen molar-refractivity contribution >= 4 is 45.6 Å². The van der Waals surface area contributed by atoms with E-state index in [2.05, 4.69) is 15.5 Å². The molecular weight excluding hydrogens is 381 g/mol. The average molecular weight is 394 g/mol. The number of nitrogens with zero attached hydrogens (tertiary/aromatic N) is 2. The summed E-state index contributed by atoms with van der Waals surface area (Å²) in [7, 11) is 1.63. The standard InChI is InChI=1S/C17H13Cl2N3O2S/c1-24-12-5-2-10(3-6-12)8-15-21-22-17(25-15)20-16(23)13-9-11(18)4-7-14(13)19/h2-7,9H,8H2,1H3,(H,20,22,23). The fourth-order valence-electron chi connectivity index (χ4n) is 2.13. The topological polar surface area (TPSA) is 64.1 Å². The van der Waals surface area contributed by atoms with Crippen LogP contribution in [0.2, 0.25) is 10.0 Å². The summed E-state index contributed by atoms with van der Waals surface area (Å²) in [5.41, 5.74) is 1.37. The zero-order valence-electron chi connectivity index (χ0n) is 13.1. The number of hydrogen-bond donors (Lipinski definition) is 1. The second-order valence-electron chi connectivity index (χ2n) is 5.10. The molecule has 1 amide bonds. The Kier molecular flexibility index (Phi) is 5.53. The summed E-state index contributed by atoms with van der Waals surface area (Å²) in [6.45, 7) is 0. The van der Waals surface area contributed by atoms with Crippen molar-refractivity contribution < 1.29 is 9.53 Å². The Bertz CT molecular complexity index is 897. The van der Waals surface area contributed by atoms with Crippen LogP contribution in [-0.2, 0) is 6.42 Å². The van der Waals surface area contributed by atoms with Gasteiger partial charge in [0.2, 0.25) is 5.13 Å². The van der Waals surface area contributed by atoms with Crippen molar-refractivity contribution in [3.8, 4) is 5.75 Å². The van der Waals surface area contributed by atoms with Gasteiger partial charge in [-0.05, 0) is 35.9 Å². The van der Waals surface area contributed by atoms with E-state index < -0.39 is 0 Å². The van der Waals surface area contributed by atoms with Gasteiger partial charge in [0, 0.05) is 11.4 Å². The predicted octanol–water partition coefficient (Wildman–Crippen LogP) is 4.70. The van der Waals surface area contributed by atoms with Gasteiger partial charge in [0.05, 0.1) is 17.7 Å². The molecule has 0 saturated carbocycles. The lowest BCUT2D eigenvalue weighted by Crippen LogP contribution is -2.12. The Hall–Kier alpha value is -2.15. The first-order valence-electron chi connectivity index (χ1n) is 7.27. The smallest absolute Gasteiger partial charge is 0.259 e. The SMILES string of the molecule is COc1ccc(Cc2nnc(NC(=O)c3cc(Cl)ccc3Cl)s2)cc1. The number of ether oxygens (including phenoxy) is 1. The van der Waals surface area contributed by atoms with E-state index in [1.54, 1.807) is 19.2 Å². The molecule has 1 heterocycles. The Morgan fingerprint density at radius 1 is 1.16 bits per heavy atom. The van der Waals surface area contributed by atoms with E-state index in [0.717, 1.165) is 16.3 Å². The van der Waals surface area contributed by atoms with Crippen molar-refractivity contribution in [1.82, 2.24) is 10.2 Å². The van der Waals surface area contributed by atoms with Crippen LogP contribution in [0.4, 0.5) is 5.13 Å². The lowest BCUT2D eigenvalue weighted by Gasteiger charge is -2.04. The number of amides is 1. The van der Waals surface area contributed by atoms with Crippen LogP contribution in [0.1, 0.15) is 20.9 Å². The van der Waals surface area contributed by atoms with Gasteiger partial charge in [-0.15, -0.1) is 10.2 Å². The number of methoxy groups -OCH3 is 1. The van der Waals surface area contributed by atoms with Gasteiger partial charge in [-0.3, -0.25) is 10.1 Å². The largest absolute Gasteiger partial charge is 0.497 e. The number of aromatic nitrogens is 2. The Morgan fingerprint density at radius 2 is 1.92 bits per heavy atom. The molecule has 0 saturated heterocycles. The zero-order chi connectivity index (χ0) is 17.8. The second kappa shape index (κ2) is 7.82. The minimum Gasteiger partial charge on any atom is -0.497 e. The highest BCUT2D eigenvalue weighted by Gasteiger charge is 2.14. The van der Waals surface area contributed by atoms with Crippen molar-refractivity contribution in [2.45, 2.75) is 6.42 Å². The third-order valence-electron chi connectivity index (χ3n) is 3.37. The van der Waals surface area contributed by atoms with Crippen LogP contribution in [0.5, 0.6) is 5.75 Å². The molecule has 0 fully saturated rings. The van der Waals surface area contributed by atoms with E-state index in [0.29, 0.717) is 27.2 Å². The summed E-state index contributed by atoms with van der Waals surface area (Å²) in [6, 6.07) is 12.4. The first-order chi connectivity index (χ1) is 12.0. The lowest BCUT2D eigenvalue weighted by atomic mass is 10.1. The summed E-state index contributed by atoms with van der Waals surface area (Å²) >= 11 is 13.2. The minimum absolute atomic E-state index is 0.293. The van der Waals surface area contributed by atoms with E-state index in [1.165, 1.54) is 17.4 Å². The van der Waals surface area contributed by atoms with E-state index in [1.807, 2.05) is 24.3 Å². The molecule has 2 aromatic carbocycles. The van der Waals surface area contributed by atoms with E-state index in [-0.39, 0.29) is 5.91 Å². The van der Waals surface area contributed by atoms with Crippen molar-refractivity contribution in [2.24, 2.45) is 0 Å². The van der Waals surface area contributed by atoms with Crippen molar-refractivity contribution in [1.29, 1.82) is 0 Å². The highest BCUT2D eigenvalue weighted by atomic mass is 35.5. The van der Waals surface area contributed by atoms with Gasteiger partial charge in [0.25, 0.3) is 5.91 Å². The third-order valence-corrected chi connectivity index (χ3v) is 4.78. The number of carbonyl (C=O) groups excluding carboxylic acids is 1. The fraction of sp³-hybridized carbons (Fsp3) is 0.118. The molecule has 3 rings (SSSR count). The first-order valence-corrected chi connectivity index (χ1v) is 8.84. The number of carbonyl (C=O) groups is 1. The molecule has 0 spiro atoms. The molecule has 3 aromatic rings. The van der Waals surface area contributed by atoms with Crippen molar-refractivity contribution in [3.05, 3.63) is 68.6 Å². The number of anilines is 1. The molecule has 0 radical (unpaired) electrons. The van der Waals surface area contributed by atoms with Gasteiger partial charge in [0.1, 0.15) is 10.8 Å². The fourth-order valence-corrected chi connectivity index (χ4v) is 3.27. The van der Waals surface area contributed by atoms with E-state index in [9.17, 15) is 4.79 Å². The summed E-state index contributed by atoms with van der Waals surface area (Å²) < 4.78 is 5.13. The molecule has 0 aliphatic heterocycles. The second-order valence-corrected chi connectivity index (χ2v) is 7.01. The molecule has 0 aliphatic rings. The molecule has 0 bridgehead atoms. The number of halogens is 2. The zero-order valence-corrected chi connectivity index (χ0v) is 15.5. The van der Waals surface area contributed by atoms with Crippen LogP contribution in [0, 0.1) is 0 Å². The molecular formula is C17H13Cl2N3O2S. The molecule has 1 aromatic heterocycles. The maximum atomic E-state index is 12.3. The molecule has 25 heavy (non-hydrogen) atoms. The normalized spacial score (nSPS) is 10.5. The average Bonchev–Trinajstić information content (AvgIpc) is 3.04. The minimum atomic E-state index is -0.375. The molecule has 128 valence electrons. The maximum Gasteiger partial charge on any atom is 0.259 e. The van der Waals surface area contributed by atoms with Gasteiger partial charge in [0.15, 0.2) is 0 Å². The highest BCUT2D eigenvalue weighted by Crippen LogP contribution is 2.24. The molecule has 0 atom stereocenters.